The summed E-state index contributed by atoms with van der Waals surface area (Å²) >= 11 is 0. The SMILES string of the molecule is CCOc1ccc2nc3cccc(OC)c3nc2c1. The molecule has 0 N–H and O–H groups in total. The summed E-state index contributed by atoms with van der Waals surface area (Å²) in [5.41, 5.74) is 3.26. The topological polar surface area (TPSA) is 44.2 Å². The van der Waals surface area contributed by atoms with E-state index >= 15 is 0 Å². The van der Waals surface area contributed by atoms with Crippen molar-refractivity contribution in [2.45, 2.75) is 6.92 Å². The number of aromatic nitrogens is 2. The fraction of sp³-hybridized carbons (Fsp3) is 0.200. The lowest BCUT2D eigenvalue weighted by Gasteiger charge is -2.07. The molecule has 0 saturated heterocycles. The summed E-state index contributed by atoms with van der Waals surface area (Å²) in [5, 5.41) is 0. The number of nitrogens with zero attached hydrogens (tertiary/aromatic N) is 2. The van der Waals surface area contributed by atoms with Gasteiger partial charge in [-0.25, -0.2) is 9.97 Å². The second-order valence-corrected chi connectivity index (χ2v) is 4.14. The molecular formula is C15H14N2O2. The van der Waals surface area contributed by atoms with E-state index in [0.29, 0.717) is 6.61 Å². The number of methoxy groups -OCH3 is 1. The Hall–Kier alpha value is -2.36. The Morgan fingerprint density at radius 3 is 2.68 bits per heavy atom. The second kappa shape index (κ2) is 4.72. The van der Waals surface area contributed by atoms with Crippen molar-refractivity contribution in [1.29, 1.82) is 0 Å². The molecule has 0 radical (unpaired) electrons. The molecule has 2 aromatic carbocycles. The number of fused-ring (bicyclic) bond motifs is 2. The highest BCUT2D eigenvalue weighted by atomic mass is 16.5. The number of para-hydroxylation sites is 1. The molecule has 96 valence electrons. The summed E-state index contributed by atoms with van der Waals surface area (Å²) in [5.74, 6) is 1.53. The molecule has 0 aliphatic rings. The van der Waals surface area contributed by atoms with E-state index in [-0.39, 0.29) is 0 Å². The third-order valence-electron chi connectivity index (χ3n) is 2.93. The average Bonchev–Trinajstić information content (AvgIpc) is 2.45. The van der Waals surface area contributed by atoms with Crippen molar-refractivity contribution < 1.29 is 9.47 Å². The van der Waals surface area contributed by atoms with Crippen LogP contribution >= 0.6 is 0 Å². The average molecular weight is 254 g/mol. The minimum absolute atomic E-state index is 0.635. The molecule has 0 spiro atoms. The summed E-state index contributed by atoms with van der Waals surface area (Å²) < 4.78 is 10.8. The van der Waals surface area contributed by atoms with Crippen molar-refractivity contribution in [2.24, 2.45) is 0 Å². The molecule has 19 heavy (non-hydrogen) atoms. The van der Waals surface area contributed by atoms with Crippen molar-refractivity contribution >= 4 is 22.1 Å². The first-order chi connectivity index (χ1) is 9.31. The van der Waals surface area contributed by atoms with Crippen LogP contribution in [-0.4, -0.2) is 23.7 Å². The van der Waals surface area contributed by atoms with Gasteiger partial charge in [0.05, 0.1) is 30.3 Å². The van der Waals surface area contributed by atoms with Crippen molar-refractivity contribution in [2.75, 3.05) is 13.7 Å². The number of benzene rings is 2. The Kier molecular flexibility index (Phi) is 2.91. The summed E-state index contributed by atoms with van der Waals surface area (Å²) in [6, 6.07) is 11.5. The van der Waals surface area contributed by atoms with E-state index in [1.165, 1.54) is 0 Å². The zero-order valence-corrected chi connectivity index (χ0v) is 10.9. The van der Waals surface area contributed by atoms with Gasteiger partial charge in [-0.2, -0.15) is 0 Å². The van der Waals surface area contributed by atoms with E-state index in [2.05, 4.69) is 9.97 Å². The summed E-state index contributed by atoms with van der Waals surface area (Å²) in [4.78, 5) is 9.21. The Labute approximate surface area is 111 Å². The van der Waals surface area contributed by atoms with Gasteiger partial charge in [0, 0.05) is 6.07 Å². The van der Waals surface area contributed by atoms with Crippen molar-refractivity contribution in [3.05, 3.63) is 36.4 Å². The van der Waals surface area contributed by atoms with Crippen molar-refractivity contribution in [3.8, 4) is 11.5 Å². The zero-order valence-electron chi connectivity index (χ0n) is 10.9. The molecule has 0 aliphatic carbocycles. The molecule has 0 aliphatic heterocycles. The van der Waals surface area contributed by atoms with E-state index < -0.39 is 0 Å². The van der Waals surface area contributed by atoms with Crippen LogP contribution < -0.4 is 9.47 Å². The van der Waals surface area contributed by atoms with E-state index in [9.17, 15) is 0 Å². The summed E-state index contributed by atoms with van der Waals surface area (Å²) in [6.07, 6.45) is 0. The van der Waals surface area contributed by atoms with Crippen LogP contribution in [0.15, 0.2) is 36.4 Å². The molecule has 3 rings (SSSR count). The Bertz CT molecular complexity index is 741. The van der Waals surface area contributed by atoms with Crippen LogP contribution in [0.3, 0.4) is 0 Å². The van der Waals surface area contributed by atoms with Gasteiger partial charge in [0.2, 0.25) is 0 Å². The second-order valence-electron chi connectivity index (χ2n) is 4.14. The smallest absolute Gasteiger partial charge is 0.146 e. The maximum Gasteiger partial charge on any atom is 0.146 e. The van der Waals surface area contributed by atoms with Gasteiger partial charge in [-0.05, 0) is 31.2 Å². The van der Waals surface area contributed by atoms with Crippen LogP contribution in [0.4, 0.5) is 0 Å². The fourth-order valence-electron chi connectivity index (χ4n) is 2.07. The molecule has 0 saturated carbocycles. The standard InChI is InChI=1S/C15H14N2O2/c1-3-19-10-7-8-11-13(9-10)17-15-12(16-11)5-4-6-14(15)18-2/h4-9H,3H2,1-2H3. The predicted octanol–water partition coefficient (Wildman–Crippen LogP) is 3.19. The monoisotopic (exact) mass is 254 g/mol. The van der Waals surface area contributed by atoms with Gasteiger partial charge in [0.15, 0.2) is 0 Å². The molecule has 0 amide bonds. The molecule has 0 unspecified atom stereocenters. The minimum Gasteiger partial charge on any atom is -0.494 e. The van der Waals surface area contributed by atoms with E-state index in [4.69, 9.17) is 9.47 Å². The van der Waals surface area contributed by atoms with Gasteiger partial charge in [0.1, 0.15) is 17.0 Å². The summed E-state index contributed by atoms with van der Waals surface area (Å²) in [6.45, 7) is 2.59. The van der Waals surface area contributed by atoms with Crippen LogP contribution in [0.25, 0.3) is 22.1 Å². The first kappa shape index (κ1) is 11.7. The van der Waals surface area contributed by atoms with Gasteiger partial charge in [-0.3, -0.25) is 0 Å². The molecular weight excluding hydrogens is 240 g/mol. The lowest BCUT2D eigenvalue weighted by molar-refractivity contribution is 0.340. The number of rotatable bonds is 3. The third kappa shape index (κ3) is 2.05. The predicted molar refractivity (Wildman–Crippen MR) is 74.8 cm³/mol. The first-order valence-corrected chi connectivity index (χ1v) is 6.19. The number of ether oxygens (including phenoxy) is 2. The van der Waals surface area contributed by atoms with Gasteiger partial charge in [0.25, 0.3) is 0 Å². The van der Waals surface area contributed by atoms with E-state index in [1.807, 2.05) is 43.3 Å². The van der Waals surface area contributed by atoms with Crippen LogP contribution in [-0.2, 0) is 0 Å². The molecule has 4 heteroatoms. The molecule has 1 heterocycles. The van der Waals surface area contributed by atoms with Gasteiger partial charge >= 0.3 is 0 Å². The highest BCUT2D eigenvalue weighted by Gasteiger charge is 2.07. The van der Waals surface area contributed by atoms with Gasteiger partial charge < -0.3 is 9.47 Å². The van der Waals surface area contributed by atoms with Gasteiger partial charge in [-0.15, -0.1) is 0 Å². The molecule has 4 nitrogen and oxygen atoms in total. The minimum atomic E-state index is 0.635. The van der Waals surface area contributed by atoms with Crippen molar-refractivity contribution in [1.82, 2.24) is 9.97 Å². The summed E-state index contributed by atoms with van der Waals surface area (Å²) in [7, 11) is 1.64. The van der Waals surface area contributed by atoms with Crippen molar-refractivity contribution in [3.63, 3.8) is 0 Å². The Morgan fingerprint density at radius 1 is 1.00 bits per heavy atom. The maximum atomic E-state index is 5.48. The van der Waals surface area contributed by atoms with Crippen LogP contribution in [0.5, 0.6) is 11.5 Å². The van der Waals surface area contributed by atoms with E-state index in [1.54, 1.807) is 7.11 Å². The van der Waals surface area contributed by atoms with Gasteiger partial charge in [-0.1, -0.05) is 6.07 Å². The van der Waals surface area contributed by atoms with Crippen LogP contribution in [0.1, 0.15) is 6.92 Å². The maximum absolute atomic E-state index is 5.48. The number of hydrogen-bond acceptors (Lipinski definition) is 4. The van der Waals surface area contributed by atoms with E-state index in [0.717, 1.165) is 33.6 Å². The lowest BCUT2D eigenvalue weighted by Crippen LogP contribution is -1.94. The molecule has 0 fully saturated rings. The highest BCUT2D eigenvalue weighted by molar-refractivity contribution is 5.90. The van der Waals surface area contributed by atoms with Crippen LogP contribution in [0.2, 0.25) is 0 Å². The fourth-order valence-corrected chi connectivity index (χ4v) is 2.07. The Balaban J connectivity index is 2.27. The number of hydrogen-bond donors (Lipinski definition) is 0. The highest BCUT2D eigenvalue weighted by Crippen LogP contribution is 2.26. The molecule has 3 aromatic rings. The largest absolute Gasteiger partial charge is 0.494 e. The lowest BCUT2D eigenvalue weighted by atomic mass is 10.2. The third-order valence-corrected chi connectivity index (χ3v) is 2.93. The quantitative estimate of drug-likeness (QED) is 0.673. The molecule has 1 aromatic heterocycles. The zero-order chi connectivity index (χ0) is 13.2. The Morgan fingerprint density at radius 2 is 1.89 bits per heavy atom. The first-order valence-electron chi connectivity index (χ1n) is 6.19. The molecule has 0 bridgehead atoms. The normalized spacial score (nSPS) is 10.8. The van der Waals surface area contributed by atoms with Crippen LogP contribution in [0, 0.1) is 0 Å². The molecule has 0 atom stereocenters.